The Kier molecular flexibility index (Phi) is 8.41. The molecule has 0 bridgehead atoms. The molecule has 2 saturated heterocycles. The highest BCUT2D eigenvalue weighted by Crippen LogP contribution is 2.29. The predicted molar refractivity (Wildman–Crippen MR) is 128 cm³/mol. The van der Waals surface area contributed by atoms with Crippen molar-refractivity contribution >= 4 is 56.4 Å². The van der Waals surface area contributed by atoms with Crippen molar-refractivity contribution in [2.75, 3.05) is 50.3 Å². The molecule has 0 aliphatic carbocycles. The number of carbonyl (C=O) groups excluding carboxylic acids is 3. The topological polar surface area (TPSA) is 88.2 Å². The first-order valence-corrected chi connectivity index (χ1v) is 11.7. The van der Waals surface area contributed by atoms with Crippen LogP contribution in [0.3, 0.4) is 0 Å². The van der Waals surface area contributed by atoms with Crippen LogP contribution in [0.15, 0.2) is 34.1 Å². The molecule has 1 N–H and O–H groups in total. The zero-order valence-electron chi connectivity index (χ0n) is 18.2. The van der Waals surface area contributed by atoms with Gasteiger partial charge >= 0.3 is 0 Å². The fraction of sp³-hybridized carbons (Fsp3) is 0.409. The first-order valence-electron chi connectivity index (χ1n) is 10.1. The number of hydrogen-bond donors (Lipinski definition) is 1. The van der Waals surface area contributed by atoms with Gasteiger partial charge in [0.25, 0.3) is 11.8 Å². The SMILES string of the molecule is COC.Cc1cc(N2CC(NC(=O)c3ccc(Br)s3)CC2=O)ccc1N1CCOCC1=O. The number of hydrogen-bond acceptors (Lipinski definition) is 6. The number of anilines is 2. The Labute approximate surface area is 199 Å². The van der Waals surface area contributed by atoms with Gasteiger partial charge in [0.05, 0.1) is 21.3 Å². The van der Waals surface area contributed by atoms with Crippen LogP contribution in [0.4, 0.5) is 11.4 Å². The number of thiophene rings is 1. The monoisotopic (exact) mass is 523 g/mol. The van der Waals surface area contributed by atoms with Crippen molar-refractivity contribution < 1.29 is 23.9 Å². The third-order valence-corrected chi connectivity index (χ3v) is 6.65. The average molecular weight is 524 g/mol. The molecule has 32 heavy (non-hydrogen) atoms. The smallest absolute Gasteiger partial charge is 0.261 e. The van der Waals surface area contributed by atoms with Crippen LogP contribution in [0.25, 0.3) is 0 Å². The molecule has 10 heteroatoms. The number of carbonyl (C=O) groups is 3. The molecule has 0 radical (unpaired) electrons. The van der Waals surface area contributed by atoms with Crippen LogP contribution in [0, 0.1) is 6.92 Å². The van der Waals surface area contributed by atoms with E-state index in [-0.39, 0.29) is 36.8 Å². The molecule has 1 aromatic heterocycles. The van der Waals surface area contributed by atoms with Crippen molar-refractivity contribution in [3.05, 3.63) is 44.6 Å². The highest BCUT2D eigenvalue weighted by molar-refractivity contribution is 9.11. The number of nitrogens with zero attached hydrogens (tertiary/aromatic N) is 2. The van der Waals surface area contributed by atoms with E-state index in [2.05, 4.69) is 26.0 Å². The summed E-state index contributed by atoms with van der Waals surface area (Å²) in [6.07, 6.45) is 0.265. The van der Waals surface area contributed by atoms with E-state index in [0.29, 0.717) is 24.6 Å². The van der Waals surface area contributed by atoms with E-state index in [4.69, 9.17) is 4.74 Å². The van der Waals surface area contributed by atoms with Crippen LogP contribution in [-0.2, 0) is 19.1 Å². The van der Waals surface area contributed by atoms with Crippen LogP contribution in [0.5, 0.6) is 0 Å². The maximum atomic E-state index is 12.5. The van der Waals surface area contributed by atoms with E-state index in [0.717, 1.165) is 20.7 Å². The Morgan fingerprint density at radius 3 is 2.56 bits per heavy atom. The predicted octanol–water partition coefficient (Wildman–Crippen LogP) is 2.98. The number of benzene rings is 1. The van der Waals surface area contributed by atoms with Crippen molar-refractivity contribution in [1.82, 2.24) is 5.32 Å². The van der Waals surface area contributed by atoms with E-state index in [1.54, 1.807) is 30.1 Å². The normalized spacial score (nSPS) is 18.4. The van der Waals surface area contributed by atoms with Gasteiger partial charge in [0, 0.05) is 45.1 Å². The van der Waals surface area contributed by atoms with Gasteiger partial charge in [0.1, 0.15) is 6.61 Å². The molecule has 2 aliphatic heterocycles. The molecule has 1 unspecified atom stereocenters. The summed E-state index contributed by atoms with van der Waals surface area (Å²) in [4.78, 5) is 41.0. The molecule has 4 rings (SSSR count). The first kappa shape index (κ1) is 24.4. The summed E-state index contributed by atoms with van der Waals surface area (Å²) in [6.45, 7) is 3.48. The third kappa shape index (κ3) is 5.74. The van der Waals surface area contributed by atoms with Crippen LogP contribution in [0.2, 0.25) is 0 Å². The lowest BCUT2D eigenvalue weighted by Gasteiger charge is -2.29. The Bertz CT molecular complexity index is 996. The van der Waals surface area contributed by atoms with Gasteiger partial charge in [0.2, 0.25) is 5.91 Å². The number of halogens is 1. The second kappa shape index (κ2) is 11.0. The third-order valence-electron chi connectivity index (χ3n) is 5.03. The quantitative estimate of drug-likeness (QED) is 0.665. The number of morpholine rings is 1. The molecule has 3 amide bonds. The Morgan fingerprint density at radius 1 is 1.19 bits per heavy atom. The summed E-state index contributed by atoms with van der Waals surface area (Å²) in [7, 11) is 3.25. The van der Waals surface area contributed by atoms with Gasteiger partial charge in [-0.05, 0) is 58.7 Å². The second-order valence-corrected chi connectivity index (χ2v) is 9.92. The van der Waals surface area contributed by atoms with Crippen molar-refractivity contribution in [2.24, 2.45) is 0 Å². The molecule has 0 saturated carbocycles. The Morgan fingerprint density at radius 2 is 1.94 bits per heavy atom. The van der Waals surface area contributed by atoms with Crippen LogP contribution in [0.1, 0.15) is 21.7 Å². The minimum absolute atomic E-state index is 0.0303. The number of methoxy groups -OCH3 is 1. The molecular formula is C22H26BrN3O5S. The summed E-state index contributed by atoms with van der Waals surface area (Å²) in [5.74, 6) is -0.262. The molecule has 1 aromatic carbocycles. The van der Waals surface area contributed by atoms with Gasteiger partial charge in [-0.2, -0.15) is 0 Å². The van der Waals surface area contributed by atoms with Gasteiger partial charge < -0.3 is 24.6 Å². The fourth-order valence-corrected chi connectivity index (χ4v) is 4.92. The molecule has 2 aromatic rings. The number of nitrogens with one attached hydrogen (secondary N) is 1. The van der Waals surface area contributed by atoms with E-state index in [1.165, 1.54) is 11.3 Å². The van der Waals surface area contributed by atoms with Gasteiger partial charge in [-0.25, -0.2) is 0 Å². The molecule has 3 heterocycles. The lowest BCUT2D eigenvalue weighted by molar-refractivity contribution is -0.125. The molecule has 2 fully saturated rings. The standard InChI is InChI=1S/C20H20BrN3O4S.C2H6O/c1-12-8-14(2-3-15(12)23-6-7-28-11-19(23)26)24-10-13(9-18(24)25)22-20(27)16-4-5-17(21)29-16;1-3-2/h2-5,8,13H,6-7,9-11H2,1H3,(H,22,27);1-2H3. The maximum Gasteiger partial charge on any atom is 0.261 e. The minimum atomic E-state index is -0.239. The van der Waals surface area contributed by atoms with Crippen LogP contribution >= 0.6 is 27.3 Å². The highest BCUT2D eigenvalue weighted by atomic mass is 79.9. The zero-order chi connectivity index (χ0) is 23.3. The Balaban J connectivity index is 0.000000913. The molecule has 8 nitrogen and oxygen atoms in total. The van der Waals surface area contributed by atoms with E-state index < -0.39 is 0 Å². The summed E-state index contributed by atoms with van der Waals surface area (Å²) in [6, 6.07) is 8.98. The molecule has 0 spiro atoms. The van der Waals surface area contributed by atoms with Gasteiger partial charge in [-0.15, -0.1) is 11.3 Å². The van der Waals surface area contributed by atoms with Crippen LogP contribution in [-0.4, -0.2) is 64.3 Å². The van der Waals surface area contributed by atoms with E-state index >= 15 is 0 Å². The molecule has 1 atom stereocenters. The number of amides is 3. The van der Waals surface area contributed by atoms with Crippen molar-refractivity contribution in [3.63, 3.8) is 0 Å². The van der Waals surface area contributed by atoms with Crippen LogP contribution < -0.4 is 15.1 Å². The Hall–Kier alpha value is -2.27. The lowest BCUT2D eigenvalue weighted by atomic mass is 10.1. The number of ether oxygens (including phenoxy) is 2. The lowest BCUT2D eigenvalue weighted by Crippen LogP contribution is -2.42. The maximum absolute atomic E-state index is 12.5. The van der Waals surface area contributed by atoms with Gasteiger partial charge in [-0.1, -0.05) is 0 Å². The zero-order valence-corrected chi connectivity index (χ0v) is 20.6. The van der Waals surface area contributed by atoms with E-state index in [9.17, 15) is 14.4 Å². The first-order chi connectivity index (χ1) is 15.3. The van der Waals surface area contributed by atoms with Crippen molar-refractivity contribution in [2.45, 2.75) is 19.4 Å². The number of aryl methyl sites for hydroxylation is 1. The van der Waals surface area contributed by atoms with Gasteiger partial charge in [-0.3, -0.25) is 14.4 Å². The largest absolute Gasteiger partial charge is 0.388 e. The fourth-order valence-electron chi connectivity index (χ4n) is 3.63. The number of rotatable bonds is 4. The van der Waals surface area contributed by atoms with Crippen molar-refractivity contribution in [1.29, 1.82) is 0 Å². The average Bonchev–Trinajstić information content (AvgIpc) is 3.35. The van der Waals surface area contributed by atoms with E-state index in [1.807, 2.05) is 31.2 Å². The van der Waals surface area contributed by atoms with Crippen molar-refractivity contribution in [3.8, 4) is 0 Å². The highest BCUT2D eigenvalue weighted by Gasteiger charge is 2.32. The molecular weight excluding hydrogens is 498 g/mol. The second-order valence-electron chi connectivity index (χ2n) is 7.46. The summed E-state index contributed by atoms with van der Waals surface area (Å²) in [5, 5.41) is 2.94. The summed E-state index contributed by atoms with van der Waals surface area (Å²) >= 11 is 4.71. The molecule has 2 aliphatic rings. The summed E-state index contributed by atoms with van der Waals surface area (Å²) in [5.41, 5.74) is 2.52. The summed E-state index contributed by atoms with van der Waals surface area (Å²) < 4.78 is 10.3. The minimum Gasteiger partial charge on any atom is -0.388 e. The van der Waals surface area contributed by atoms with Gasteiger partial charge in [0.15, 0.2) is 0 Å². The molecule has 172 valence electrons.